The molecule has 0 aliphatic rings. The minimum Gasteiger partial charge on any atom is -0.383 e. The molecule has 1 unspecified atom stereocenters. The van der Waals surface area contributed by atoms with Gasteiger partial charge < -0.3 is 9.64 Å². The Bertz CT molecular complexity index is 354. The highest BCUT2D eigenvalue weighted by Gasteiger charge is 2.17. The average molecular weight is 290 g/mol. The van der Waals surface area contributed by atoms with Crippen molar-refractivity contribution in [1.29, 1.82) is 0 Å². The van der Waals surface area contributed by atoms with E-state index in [1.54, 1.807) is 43.1 Å². The Morgan fingerprint density at radius 2 is 2.44 bits per heavy atom. The van der Waals surface area contributed by atoms with Gasteiger partial charge >= 0.3 is 0 Å². The van der Waals surface area contributed by atoms with Gasteiger partial charge in [-0.05, 0) is 6.07 Å². The number of hydrogen-bond acceptors (Lipinski definition) is 3. The summed E-state index contributed by atoms with van der Waals surface area (Å²) in [5.74, 6) is -0.0412. The number of amides is 1. The number of ether oxygens (including phenoxy) is 1. The second-order valence-corrected chi connectivity index (χ2v) is 4.87. The fraction of sp³-hybridized carbons (Fsp3) is 0.600. The Labute approximate surface area is 103 Å². The largest absolute Gasteiger partial charge is 0.383 e. The number of carbonyl (C=O) groups excluding carboxylic acids is 1. The van der Waals surface area contributed by atoms with Crippen molar-refractivity contribution >= 4 is 21.8 Å². The number of hydrogen-bond donors (Lipinski definition) is 0. The smallest absolute Gasteiger partial charge is 0.271 e. The third-order valence-corrected chi connectivity index (χ3v) is 2.76. The van der Waals surface area contributed by atoms with E-state index >= 15 is 0 Å². The molecule has 5 nitrogen and oxygen atoms in total. The first-order chi connectivity index (χ1) is 7.56. The summed E-state index contributed by atoms with van der Waals surface area (Å²) in [5.41, 5.74) is 0.583. The predicted octanol–water partition coefficient (Wildman–Crippen LogP) is 0.902. The fourth-order valence-electron chi connectivity index (χ4n) is 1.39. The molecule has 16 heavy (non-hydrogen) atoms. The second-order valence-electron chi connectivity index (χ2n) is 3.58. The van der Waals surface area contributed by atoms with Gasteiger partial charge in [-0.15, -0.1) is 0 Å². The van der Waals surface area contributed by atoms with E-state index < -0.39 is 0 Å². The van der Waals surface area contributed by atoms with Crippen molar-refractivity contribution in [1.82, 2.24) is 14.7 Å². The van der Waals surface area contributed by atoms with Gasteiger partial charge in [-0.1, -0.05) is 15.9 Å². The maximum Gasteiger partial charge on any atom is 0.271 e. The SMILES string of the molecule is COCC(Br)CN(C)C(=O)c1ccnn1C. The zero-order valence-corrected chi connectivity index (χ0v) is 11.3. The molecule has 0 fully saturated rings. The van der Waals surface area contributed by atoms with Gasteiger partial charge in [-0.3, -0.25) is 9.48 Å². The van der Waals surface area contributed by atoms with Gasteiger partial charge in [-0.2, -0.15) is 5.10 Å². The van der Waals surface area contributed by atoms with Gasteiger partial charge in [0.15, 0.2) is 0 Å². The van der Waals surface area contributed by atoms with Crippen LogP contribution in [0.5, 0.6) is 0 Å². The Hall–Kier alpha value is -0.880. The highest BCUT2D eigenvalue weighted by atomic mass is 79.9. The standard InChI is InChI=1S/C10H16BrN3O2/c1-13(6-8(11)7-16-3)10(15)9-4-5-12-14(9)2/h4-5,8H,6-7H2,1-3H3. The van der Waals surface area contributed by atoms with E-state index in [1.807, 2.05) is 0 Å². The summed E-state index contributed by atoms with van der Waals surface area (Å²) in [5, 5.41) is 3.97. The van der Waals surface area contributed by atoms with Crippen LogP contribution in [0.15, 0.2) is 12.3 Å². The van der Waals surface area contributed by atoms with E-state index in [0.29, 0.717) is 18.8 Å². The minimum absolute atomic E-state index is 0.0412. The molecule has 1 amide bonds. The molecule has 0 spiro atoms. The fourth-order valence-corrected chi connectivity index (χ4v) is 2.09. The van der Waals surface area contributed by atoms with Crippen LogP contribution < -0.4 is 0 Å². The topological polar surface area (TPSA) is 47.4 Å². The van der Waals surface area contributed by atoms with Crippen LogP contribution in [0.1, 0.15) is 10.5 Å². The lowest BCUT2D eigenvalue weighted by atomic mass is 10.3. The van der Waals surface area contributed by atoms with Crippen molar-refractivity contribution in [3.05, 3.63) is 18.0 Å². The molecule has 1 aromatic rings. The van der Waals surface area contributed by atoms with Gasteiger partial charge in [0.2, 0.25) is 0 Å². The van der Waals surface area contributed by atoms with Gasteiger partial charge in [-0.25, -0.2) is 0 Å². The molecule has 0 saturated heterocycles. The average Bonchev–Trinajstić information content (AvgIpc) is 2.63. The lowest BCUT2D eigenvalue weighted by Gasteiger charge is -2.20. The molecule has 90 valence electrons. The number of alkyl halides is 1. The number of methoxy groups -OCH3 is 1. The molecule has 0 saturated carbocycles. The maximum atomic E-state index is 12.0. The number of halogens is 1. The quantitative estimate of drug-likeness (QED) is 0.757. The Balaban J connectivity index is 2.58. The molecule has 6 heteroatoms. The van der Waals surface area contributed by atoms with Crippen molar-refractivity contribution in [2.45, 2.75) is 4.83 Å². The van der Waals surface area contributed by atoms with E-state index in [2.05, 4.69) is 21.0 Å². The first-order valence-corrected chi connectivity index (χ1v) is 5.84. The van der Waals surface area contributed by atoms with Crippen LogP contribution in [0.4, 0.5) is 0 Å². The molecule has 0 aliphatic heterocycles. The van der Waals surface area contributed by atoms with Crippen LogP contribution in [-0.4, -0.2) is 52.7 Å². The molecule has 0 aliphatic carbocycles. The highest BCUT2D eigenvalue weighted by molar-refractivity contribution is 9.09. The van der Waals surface area contributed by atoms with E-state index in [4.69, 9.17) is 4.74 Å². The number of aromatic nitrogens is 2. The third-order valence-electron chi connectivity index (χ3n) is 2.21. The molecular weight excluding hydrogens is 274 g/mol. The van der Waals surface area contributed by atoms with Crippen LogP contribution >= 0.6 is 15.9 Å². The Morgan fingerprint density at radius 1 is 1.75 bits per heavy atom. The van der Waals surface area contributed by atoms with Crippen LogP contribution in [0.2, 0.25) is 0 Å². The van der Waals surface area contributed by atoms with Crippen LogP contribution in [0.3, 0.4) is 0 Å². The molecule has 0 bridgehead atoms. The monoisotopic (exact) mass is 289 g/mol. The van der Waals surface area contributed by atoms with Crippen molar-refractivity contribution in [3.8, 4) is 0 Å². The molecule has 0 aromatic carbocycles. The molecular formula is C10H16BrN3O2. The number of aryl methyl sites for hydroxylation is 1. The van der Waals surface area contributed by atoms with Crippen molar-refractivity contribution in [3.63, 3.8) is 0 Å². The van der Waals surface area contributed by atoms with Gasteiger partial charge in [0.05, 0.1) is 11.4 Å². The summed E-state index contributed by atoms with van der Waals surface area (Å²) in [6, 6.07) is 1.71. The number of carbonyl (C=O) groups is 1. The summed E-state index contributed by atoms with van der Waals surface area (Å²) in [4.78, 5) is 13.8. The van der Waals surface area contributed by atoms with Gasteiger partial charge in [0.25, 0.3) is 5.91 Å². The van der Waals surface area contributed by atoms with Crippen LogP contribution in [-0.2, 0) is 11.8 Å². The normalized spacial score (nSPS) is 12.5. The van der Waals surface area contributed by atoms with E-state index in [1.165, 1.54) is 0 Å². The summed E-state index contributed by atoms with van der Waals surface area (Å²) in [7, 11) is 5.15. The lowest BCUT2D eigenvalue weighted by molar-refractivity contribution is 0.0773. The minimum atomic E-state index is -0.0412. The van der Waals surface area contributed by atoms with Gasteiger partial charge in [0, 0.05) is 33.9 Å². The lowest BCUT2D eigenvalue weighted by Crippen LogP contribution is -2.34. The van der Waals surface area contributed by atoms with E-state index in [9.17, 15) is 4.79 Å². The molecule has 1 rings (SSSR count). The summed E-state index contributed by atoms with van der Waals surface area (Å²) >= 11 is 3.45. The zero-order chi connectivity index (χ0) is 12.1. The first kappa shape index (κ1) is 13.2. The van der Waals surface area contributed by atoms with E-state index in [0.717, 1.165) is 0 Å². The first-order valence-electron chi connectivity index (χ1n) is 4.92. The number of nitrogens with zero attached hydrogens (tertiary/aromatic N) is 3. The molecule has 0 N–H and O–H groups in total. The molecule has 0 radical (unpaired) electrons. The summed E-state index contributed by atoms with van der Waals surface area (Å²) in [6.07, 6.45) is 1.61. The number of rotatable bonds is 5. The van der Waals surface area contributed by atoms with E-state index in [-0.39, 0.29) is 10.7 Å². The summed E-state index contributed by atoms with van der Waals surface area (Å²) < 4.78 is 6.56. The maximum absolute atomic E-state index is 12.0. The van der Waals surface area contributed by atoms with Crippen LogP contribution in [0, 0.1) is 0 Å². The van der Waals surface area contributed by atoms with Crippen LogP contribution in [0.25, 0.3) is 0 Å². The third kappa shape index (κ3) is 3.31. The summed E-state index contributed by atoms with van der Waals surface area (Å²) in [6.45, 7) is 1.17. The Kier molecular flexibility index (Phi) is 4.95. The van der Waals surface area contributed by atoms with Crippen molar-refractivity contribution in [2.75, 3.05) is 27.3 Å². The predicted molar refractivity (Wildman–Crippen MR) is 64.8 cm³/mol. The molecule has 1 aromatic heterocycles. The van der Waals surface area contributed by atoms with Gasteiger partial charge in [0.1, 0.15) is 5.69 Å². The Morgan fingerprint density at radius 3 is 2.94 bits per heavy atom. The van der Waals surface area contributed by atoms with Crippen molar-refractivity contribution < 1.29 is 9.53 Å². The molecule has 1 heterocycles. The highest BCUT2D eigenvalue weighted by Crippen LogP contribution is 2.06. The zero-order valence-electron chi connectivity index (χ0n) is 9.68. The van der Waals surface area contributed by atoms with Crippen molar-refractivity contribution in [2.24, 2.45) is 7.05 Å². The second kappa shape index (κ2) is 6.00. The molecule has 1 atom stereocenters.